The Labute approximate surface area is 229 Å². The van der Waals surface area contributed by atoms with Gasteiger partial charge in [-0.2, -0.15) is 13.2 Å². The van der Waals surface area contributed by atoms with Gasteiger partial charge in [-0.1, -0.05) is 30.0 Å². The number of alkyl halides is 3. The summed E-state index contributed by atoms with van der Waals surface area (Å²) in [6.07, 6.45) is -1.00. The first-order valence-corrected chi connectivity index (χ1v) is 13.8. The van der Waals surface area contributed by atoms with Crippen molar-refractivity contribution >= 4 is 63.5 Å². The highest BCUT2D eigenvalue weighted by molar-refractivity contribution is 8.26. The topological polar surface area (TPSA) is 86.7 Å². The monoisotopic (exact) mass is 586 g/mol. The van der Waals surface area contributed by atoms with Crippen molar-refractivity contribution in [2.45, 2.75) is 44.3 Å². The number of carbonyl (C=O) groups excluding carboxylic acids is 2. The Bertz CT molecular complexity index is 1300. The maximum absolute atomic E-state index is 13.6. The number of thioether (sulfide) groups is 1. The molecular weight excluding hydrogens is 564 g/mol. The molecule has 6 nitrogen and oxygen atoms in total. The first-order valence-electron chi connectivity index (χ1n) is 11.7. The standard InChI is InChI=1S/C25H22F4N2O4S3/c26-19-6-3-14(10-18(19)25(27,28)29)15-9-17(37-12-15)11-20-22(33)31(24(36)38-20)8-7-21(32)30-16-4-1-13(2-5-16)23(34)35/h3,6,9-13,16H,1-2,4-5,7-8H2,(H,30,32)(H,34,35)/b20-11-. The zero-order valence-electron chi connectivity index (χ0n) is 19.7. The van der Waals surface area contributed by atoms with Crippen LogP contribution in [0.2, 0.25) is 0 Å². The van der Waals surface area contributed by atoms with E-state index in [1.807, 2.05) is 0 Å². The van der Waals surface area contributed by atoms with Crippen LogP contribution in [-0.4, -0.2) is 44.7 Å². The summed E-state index contributed by atoms with van der Waals surface area (Å²) in [4.78, 5) is 38.6. The molecule has 0 radical (unpaired) electrons. The molecule has 4 rings (SSSR count). The molecule has 1 aromatic carbocycles. The number of rotatable bonds is 7. The molecule has 1 aromatic heterocycles. The van der Waals surface area contributed by atoms with Gasteiger partial charge in [0.1, 0.15) is 10.1 Å². The number of aliphatic carboxylic acids is 1. The highest BCUT2D eigenvalue weighted by Crippen LogP contribution is 2.37. The van der Waals surface area contributed by atoms with Gasteiger partial charge in [0, 0.05) is 23.9 Å². The van der Waals surface area contributed by atoms with E-state index in [1.165, 1.54) is 22.3 Å². The van der Waals surface area contributed by atoms with E-state index < -0.39 is 23.5 Å². The summed E-state index contributed by atoms with van der Waals surface area (Å²) < 4.78 is 53.1. The summed E-state index contributed by atoms with van der Waals surface area (Å²) >= 11 is 7.59. The van der Waals surface area contributed by atoms with Gasteiger partial charge in [0.15, 0.2) is 0 Å². The molecule has 0 atom stereocenters. The summed E-state index contributed by atoms with van der Waals surface area (Å²) in [7, 11) is 0. The Balaban J connectivity index is 1.35. The van der Waals surface area contributed by atoms with E-state index in [0.29, 0.717) is 45.3 Å². The summed E-state index contributed by atoms with van der Waals surface area (Å²) in [5.74, 6) is -3.16. The molecule has 202 valence electrons. The lowest BCUT2D eigenvalue weighted by Crippen LogP contribution is -2.40. The average Bonchev–Trinajstić information content (AvgIpc) is 3.42. The molecule has 0 spiro atoms. The lowest BCUT2D eigenvalue weighted by Gasteiger charge is -2.27. The highest BCUT2D eigenvalue weighted by Gasteiger charge is 2.35. The molecule has 1 saturated carbocycles. The van der Waals surface area contributed by atoms with Gasteiger partial charge >= 0.3 is 12.1 Å². The van der Waals surface area contributed by atoms with Crippen LogP contribution in [0.3, 0.4) is 0 Å². The number of carbonyl (C=O) groups is 3. The smallest absolute Gasteiger partial charge is 0.419 e. The molecule has 0 unspecified atom stereocenters. The van der Waals surface area contributed by atoms with E-state index in [-0.39, 0.29) is 42.3 Å². The minimum Gasteiger partial charge on any atom is -0.481 e. The van der Waals surface area contributed by atoms with Crippen LogP contribution >= 0.6 is 35.3 Å². The molecule has 2 heterocycles. The van der Waals surface area contributed by atoms with Gasteiger partial charge in [-0.25, -0.2) is 4.39 Å². The first kappa shape index (κ1) is 28.2. The van der Waals surface area contributed by atoms with Gasteiger partial charge in [-0.15, -0.1) is 11.3 Å². The van der Waals surface area contributed by atoms with Gasteiger partial charge in [0.25, 0.3) is 5.91 Å². The van der Waals surface area contributed by atoms with E-state index in [4.69, 9.17) is 17.3 Å². The van der Waals surface area contributed by atoms with E-state index >= 15 is 0 Å². The number of carboxylic acids is 1. The van der Waals surface area contributed by atoms with Crippen molar-refractivity contribution in [3.63, 3.8) is 0 Å². The molecule has 2 amide bonds. The molecule has 0 bridgehead atoms. The molecule has 2 N–H and O–H groups in total. The number of nitrogens with zero attached hydrogens (tertiary/aromatic N) is 1. The summed E-state index contributed by atoms with van der Waals surface area (Å²) in [5.41, 5.74) is -0.693. The number of thiophene rings is 1. The zero-order valence-corrected chi connectivity index (χ0v) is 22.2. The number of amides is 2. The number of nitrogens with one attached hydrogen (secondary N) is 1. The second-order valence-corrected chi connectivity index (χ2v) is 11.6. The van der Waals surface area contributed by atoms with Crippen molar-refractivity contribution in [1.82, 2.24) is 10.2 Å². The fourth-order valence-corrected chi connectivity index (χ4v) is 6.54. The Morgan fingerprint density at radius 3 is 2.53 bits per heavy atom. The van der Waals surface area contributed by atoms with Crippen molar-refractivity contribution in [2.24, 2.45) is 5.92 Å². The number of benzene rings is 1. The number of halogens is 4. The zero-order chi connectivity index (χ0) is 27.6. The molecule has 1 aliphatic carbocycles. The van der Waals surface area contributed by atoms with Gasteiger partial charge in [0.05, 0.1) is 16.4 Å². The van der Waals surface area contributed by atoms with Crippen molar-refractivity contribution in [1.29, 1.82) is 0 Å². The predicted octanol–water partition coefficient (Wildman–Crippen LogP) is 5.92. The lowest BCUT2D eigenvalue weighted by molar-refractivity contribution is -0.143. The minimum atomic E-state index is -4.82. The quantitative estimate of drug-likeness (QED) is 0.238. The van der Waals surface area contributed by atoms with Gasteiger partial charge in [-0.3, -0.25) is 19.3 Å². The molecule has 2 aliphatic rings. The maximum Gasteiger partial charge on any atom is 0.419 e. The molecule has 38 heavy (non-hydrogen) atoms. The SMILES string of the molecule is O=C(CCN1C(=O)/C(=C/c2cc(-c3ccc(F)c(C(F)(F)F)c3)cs2)SC1=S)NC1CCC(C(=O)O)CC1. The Hall–Kier alpha value is -2.77. The van der Waals surface area contributed by atoms with Crippen molar-refractivity contribution < 1.29 is 37.1 Å². The predicted molar refractivity (Wildman–Crippen MR) is 141 cm³/mol. The molecule has 1 aliphatic heterocycles. The van der Waals surface area contributed by atoms with Crippen LogP contribution in [0.25, 0.3) is 17.2 Å². The van der Waals surface area contributed by atoms with Crippen LogP contribution in [0.5, 0.6) is 0 Å². The normalized spacial score (nSPS) is 21.3. The van der Waals surface area contributed by atoms with Crippen LogP contribution in [0.4, 0.5) is 17.6 Å². The van der Waals surface area contributed by atoms with Crippen LogP contribution in [-0.2, 0) is 20.6 Å². The highest BCUT2D eigenvalue weighted by atomic mass is 32.2. The van der Waals surface area contributed by atoms with E-state index in [0.717, 1.165) is 23.9 Å². The van der Waals surface area contributed by atoms with Crippen molar-refractivity contribution in [3.8, 4) is 11.1 Å². The van der Waals surface area contributed by atoms with Crippen LogP contribution in [0.1, 0.15) is 42.5 Å². The molecule has 13 heteroatoms. The molecular formula is C25H22F4N2O4S3. The van der Waals surface area contributed by atoms with E-state index in [1.54, 1.807) is 17.5 Å². The lowest BCUT2D eigenvalue weighted by atomic mass is 9.86. The Kier molecular flexibility index (Phi) is 8.58. The van der Waals surface area contributed by atoms with Gasteiger partial charge < -0.3 is 10.4 Å². The van der Waals surface area contributed by atoms with Crippen molar-refractivity contribution in [3.05, 3.63) is 50.8 Å². The first-order chi connectivity index (χ1) is 17.9. The minimum absolute atomic E-state index is 0.0356. The average molecular weight is 587 g/mol. The van der Waals surface area contributed by atoms with Gasteiger partial charge in [-0.05, 0) is 66.5 Å². The van der Waals surface area contributed by atoms with E-state index in [2.05, 4.69) is 5.32 Å². The number of hydrogen-bond acceptors (Lipinski definition) is 6. The second kappa shape index (κ2) is 11.5. The summed E-state index contributed by atoms with van der Waals surface area (Å²) in [6.45, 7) is 0.0871. The fraction of sp³-hybridized carbons (Fsp3) is 0.360. The van der Waals surface area contributed by atoms with Crippen molar-refractivity contribution in [2.75, 3.05) is 6.54 Å². The third-order valence-corrected chi connectivity index (χ3v) is 8.63. The van der Waals surface area contributed by atoms with E-state index in [9.17, 15) is 31.9 Å². The fourth-order valence-electron chi connectivity index (χ4n) is 4.32. The Morgan fingerprint density at radius 1 is 1.16 bits per heavy atom. The summed E-state index contributed by atoms with van der Waals surface area (Å²) in [6, 6.07) is 4.31. The number of thiocarbonyl (C=S) groups is 1. The van der Waals surface area contributed by atoms with Crippen LogP contribution in [0.15, 0.2) is 34.6 Å². The summed E-state index contributed by atoms with van der Waals surface area (Å²) in [5, 5.41) is 13.6. The molecule has 2 fully saturated rings. The second-order valence-electron chi connectivity index (χ2n) is 8.97. The maximum atomic E-state index is 13.6. The van der Waals surface area contributed by atoms with Gasteiger partial charge in [0.2, 0.25) is 5.91 Å². The third-order valence-electron chi connectivity index (χ3n) is 6.38. The van der Waals surface area contributed by atoms with Crippen LogP contribution in [0, 0.1) is 11.7 Å². The Morgan fingerprint density at radius 2 is 1.87 bits per heavy atom. The van der Waals surface area contributed by atoms with Crippen LogP contribution < -0.4 is 5.32 Å². The number of carboxylic acid groups (broad SMARTS) is 1. The largest absolute Gasteiger partial charge is 0.481 e. The number of hydrogen-bond donors (Lipinski definition) is 2. The third kappa shape index (κ3) is 6.62. The molecule has 1 saturated heterocycles. The molecule has 2 aromatic rings.